The van der Waals surface area contributed by atoms with Gasteiger partial charge in [-0.25, -0.2) is 4.99 Å². The summed E-state index contributed by atoms with van der Waals surface area (Å²) in [4.78, 5) is 19.0. The van der Waals surface area contributed by atoms with E-state index in [0.29, 0.717) is 0 Å². The van der Waals surface area contributed by atoms with E-state index >= 15 is 0 Å². The molecule has 2 unspecified atom stereocenters. The molecule has 0 aromatic heterocycles. The minimum atomic E-state index is -0.712. The SMILES string of the molecule is CN1C(=O)C(c2ccccc2)C(C)(c2ccccc2)N=C1N. The fourth-order valence-corrected chi connectivity index (χ4v) is 3.04. The van der Waals surface area contributed by atoms with Gasteiger partial charge in [0.15, 0.2) is 5.96 Å². The minimum absolute atomic E-state index is 0.0370. The van der Waals surface area contributed by atoms with Crippen molar-refractivity contribution in [3.05, 3.63) is 71.8 Å². The highest BCUT2D eigenvalue weighted by Gasteiger charge is 2.46. The van der Waals surface area contributed by atoms with Crippen LogP contribution in [-0.2, 0) is 10.3 Å². The number of guanidine groups is 1. The topological polar surface area (TPSA) is 58.7 Å². The van der Waals surface area contributed by atoms with Crippen molar-refractivity contribution in [3.8, 4) is 0 Å². The van der Waals surface area contributed by atoms with Crippen LogP contribution in [0.1, 0.15) is 24.0 Å². The van der Waals surface area contributed by atoms with Crippen LogP contribution in [0.15, 0.2) is 65.7 Å². The molecule has 2 aromatic carbocycles. The van der Waals surface area contributed by atoms with E-state index < -0.39 is 11.5 Å². The summed E-state index contributed by atoms with van der Waals surface area (Å²) in [5.74, 6) is -0.179. The number of carbonyl (C=O) groups excluding carboxylic acids is 1. The maximum absolute atomic E-state index is 12.9. The molecule has 22 heavy (non-hydrogen) atoms. The summed E-state index contributed by atoms with van der Waals surface area (Å²) < 4.78 is 0. The Morgan fingerprint density at radius 1 is 1.05 bits per heavy atom. The molecule has 0 radical (unpaired) electrons. The van der Waals surface area contributed by atoms with Crippen LogP contribution in [0.2, 0.25) is 0 Å². The highest BCUT2D eigenvalue weighted by molar-refractivity contribution is 6.02. The standard InChI is InChI=1S/C18H19N3O/c1-18(14-11-7-4-8-12-14)15(13-9-5-3-6-10-13)16(22)21(2)17(19)20-18/h3-12,15H,1-2H3,(H2,19,20). The second kappa shape index (κ2) is 5.30. The van der Waals surface area contributed by atoms with E-state index in [2.05, 4.69) is 4.99 Å². The number of hydrogen-bond donors (Lipinski definition) is 1. The Morgan fingerprint density at radius 2 is 1.59 bits per heavy atom. The molecule has 0 aliphatic carbocycles. The van der Waals surface area contributed by atoms with Crippen molar-refractivity contribution in [1.29, 1.82) is 0 Å². The Kier molecular flexibility index (Phi) is 3.45. The molecule has 2 aromatic rings. The fourth-order valence-electron chi connectivity index (χ4n) is 3.04. The molecular weight excluding hydrogens is 274 g/mol. The van der Waals surface area contributed by atoms with Crippen molar-refractivity contribution < 1.29 is 4.79 Å². The van der Waals surface area contributed by atoms with Crippen molar-refractivity contribution >= 4 is 11.9 Å². The third-order valence-corrected chi connectivity index (χ3v) is 4.32. The van der Waals surface area contributed by atoms with Gasteiger partial charge in [-0.3, -0.25) is 9.69 Å². The molecule has 0 bridgehead atoms. The van der Waals surface area contributed by atoms with Gasteiger partial charge < -0.3 is 5.73 Å². The lowest BCUT2D eigenvalue weighted by Gasteiger charge is -2.40. The molecule has 0 saturated heterocycles. The summed E-state index contributed by atoms with van der Waals surface area (Å²) >= 11 is 0. The number of likely N-dealkylation sites (N-methyl/N-ethyl adjacent to an activating group) is 1. The Morgan fingerprint density at radius 3 is 2.18 bits per heavy atom. The Balaban J connectivity index is 2.21. The third-order valence-electron chi connectivity index (χ3n) is 4.32. The lowest BCUT2D eigenvalue weighted by atomic mass is 9.74. The van der Waals surface area contributed by atoms with E-state index in [-0.39, 0.29) is 11.9 Å². The first-order valence-electron chi connectivity index (χ1n) is 7.27. The second-order valence-electron chi connectivity index (χ2n) is 5.72. The third kappa shape index (κ3) is 2.17. The number of rotatable bonds is 2. The van der Waals surface area contributed by atoms with Gasteiger partial charge in [0.2, 0.25) is 5.91 Å². The summed E-state index contributed by atoms with van der Waals surface area (Å²) in [6, 6.07) is 19.6. The summed E-state index contributed by atoms with van der Waals surface area (Å²) in [6.45, 7) is 1.97. The summed E-state index contributed by atoms with van der Waals surface area (Å²) in [7, 11) is 1.67. The van der Waals surface area contributed by atoms with Crippen molar-refractivity contribution in [2.75, 3.05) is 7.05 Å². The average Bonchev–Trinajstić information content (AvgIpc) is 2.55. The molecule has 0 saturated carbocycles. The molecule has 1 aliphatic heterocycles. The molecule has 1 heterocycles. The maximum Gasteiger partial charge on any atom is 0.239 e. The molecule has 4 nitrogen and oxygen atoms in total. The number of nitrogens with two attached hydrogens (primary N) is 1. The minimum Gasteiger partial charge on any atom is -0.369 e. The van der Waals surface area contributed by atoms with Gasteiger partial charge in [0.05, 0.1) is 5.92 Å². The summed E-state index contributed by atoms with van der Waals surface area (Å²) in [5.41, 5.74) is 7.19. The molecule has 2 atom stereocenters. The average molecular weight is 293 g/mol. The van der Waals surface area contributed by atoms with Crippen LogP contribution in [0.3, 0.4) is 0 Å². The van der Waals surface area contributed by atoms with Gasteiger partial charge in [0, 0.05) is 7.05 Å². The largest absolute Gasteiger partial charge is 0.369 e. The molecule has 112 valence electrons. The molecule has 3 rings (SSSR count). The number of amides is 1. The first kappa shape index (κ1) is 14.3. The quantitative estimate of drug-likeness (QED) is 0.924. The number of carbonyl (C=O) groups is 1. The maximum atomic E-state index is 12.9. The van der Waals surface area contributed by atoms with E-state index in [0.717, 1.165) is 11.1 Å². The predicted molar refractivity (Wildman–Crippen MR) is 87.4 cm³/mol. The zero-order valence-corrected chi connectivity index (χ0v) is 12.7. The molecule has 0 fully saturated rings. The molecular formula is C18H19N3O. The lowest BCUT2D eigenvalue weighted by molar-refractivity contribution is -0.130. The van der Waals surface area contributed by atoms with Crippen LogP contribution < -0.4 is 5.73 Å². The fraction of sp³-hybridized carbons (Fsp3) is 0.222. The van der Waals surface area contributed by atoms with E-state index in [4.69, 9.17) is 5.73 Å². The van der Waals surface area contributed by atoms with Crippen LogP contribution in [0, 0.1) is 0 Å². The van der Waals surface area contributed by atoms with Crippen molar-refractivity contribution in [3.63, 3.8) is 0 Å². The van der Waals surface area contributed by atoms with Gasteiger partial charge in [0.1, 0.15) is 5.54 Å². The molecule has 1 amide bonds. The Bertz CT molecular complexity index is 712. The van der Waals surface area contributed by atoms with Gasteiger partial charge in [-0.1, -0.05) is 60.7 Å². The highest BCUT2D eigenvalue weighted by Crippen LogP contribution is 2.43. The molecule has 0 spiro atoms. The van der Waals surface area contributed by atoms with Gasteiger partial charge in [-0.2, -0.15) is 0 Å². The Hall–Kier alpha value is -2.62. The van der Waals surface area contributed by atoms with Crippen LogP contribution in [0.25, 0.3) is 0 Å². The number of aliphatic imine (C=N–C) groups is 1. The predicted octanol–water partition coefficient (Wildman–Crippen LogP) is 2.47. The smallest absolute Gasteiger partial charge is 0.239 e. The monoisotopic (exact) mass is 293 g/mol. The lowest BCUT2D eigenvalue weighted by Crippen LogP contribution is -2.52. The van der Waals surface area contributed by atoms with Gasteiger partial charge in [-0.15, -0.1) is 0 Å². The summed E-state index contributed by atoms with van der Waals surface area (Å²) in [5, 5.41) is 0. The number of hydrogen-bond acceptors (Lipinski definition) is 3. The highest BCUT2D eigenvalue weighted by atomic mass is 16.2. The molecule has 4 heteroatoms. The second-order valence-corrected chi connectivity index (χ2v) is 5.72. The van der Waals surface area contributed by atoms with Crippen molar-refractivity contribution in [1.82, 2.24) is 4.90 Å². The van der Waals surface area contributed by atoms with E-state index in [9.17, 15) is 4.79 Å². The summed E-state index contributed by atoms with van der Waals surface area (Å²) in [6.07, 6.45) is 0. The first-order chi connectivity index (χ1) is 10.5. The number of benzene rings is 2. The molecule has 1 aliphatic rings. The zero-order chi connectivity index (χ0) is 15.7. The van der Waals surface area contributed by atoms with Crippen molar-refractivity contribution in [2.45, 2.75) is 18.4 Å². The van der Waals surface area contributed by atoms with Crippen LogP contribution in [-0.4, -0.2) is 23.8 Å². The van der Waals surface area contributed by atoms with Gasteiger partial charge in [0.25, 0.3) is 0 Å². The van der Waals surface area contributed by atoms with Crippen LogP contribution >= 0.6 is 0 Å². The van der Waals surface area contributed by atoms with E-state index in [1.165, 1.54) is 4.90 Å². The van der Waals surface area contributed by atoms with Crippen LogP contribution in [0.5, 0.6) is 0 Å². The van der Waals surface area contributed by atoms with Crippen LogP contribution in [0.4, 0.5) is 0 Å². The van der Waals surface area contributed by atoms with E-state index in [1.54, 1.807) is 7.05 Å². The van der Waals surface area contributed by atoms with Gasteiger partial charge in [-0.05, 0) is 18.1 Å². The van der Waals surface area contributed by atoms with E-state index in [1.807, 2.05) is 67.6 Å². The van der Waals surface area contributed by atoms with Gasteiger partial charge >= 0.3 is 0 Å². The zero-order valence-electron chi connectivity index (χ0n) is 12.7. The normalized spacial score (nSPS) is 25.0. The molecule has 2 N–H and O–H groups in total. The Labute approximate surface area is 130 Å². The number of nitrogens with zero attached hydrogens (tertiary/aromatic N) is 2. The van der Waals surface area contributed by atoms with Crippen molar-refractivity contribution in [2.24, 2.45) is 10.7 Å². The first-order valence-corrected chi connectivity index (χ1v) is 7.27.